The molecule has 0 bridgehead atoms. The Bertz CT molecular complexity index is 329. The number of aliphatic imine (C=N–C) groups is 1. The zero-order valence-corrected chi connectivity index (χ0v) is 9.94. The molecule has 0 aromatic heterocycles. The molecule has 1 saturated heterocycles. The van der Waals surface area contributed by atoms with Gasteiger partial charge < -0.3 is 10.2 Å². The van der Waals surface area contributed by atoms with Crippen LogP contribution in [-0.2, 0) is 9.59 Å². The fourth-order valence-electron chi connectivity index (χ4n) is 1.94. The summed E-state index contributed by atoms with van der Waals surface area (Å²) in [6.07, 6.45) is 3.35. The van der Waals surface area contributed by atoms with Crippen LogP contribution in [0.25, 0.3) is 0 Å². The van der Waals surface area contributed by atoms with Gasteiger partial charge in [-0.25, -0.2) is 9.59 Å². The molecule has 94 valence electrons. The number of nitrogens with one attached hydrogen (secondary N) is 1. The lowest BCUT2D eigenvalue weighted by atomic mass is 9.91. The van der Waals surface area contributed by atoms with Gasteiger partial charge >= 0.3 is 6.03 Å². The first-order valence-corrected chi connectivity index (χ1v) is 5.78. The number of piperidine rings is 1. The van der Waals surface area contributed by atoms with Crippen LogP contribution in [0.2, 0.25) is 0 Å². The number of carbonyl (C=O) groups excluding carboxylic acids is 3. The average Bonchev–Trinajstić information content (AvgIpc) is 2.38. The van der Waals surface area contributed by atoms with Gasteiger partial charge in [0.1, 0.15) is 12.5 Å². The van der Waals surface area contributed by atoms with Crippen LogP contribution in [0, 0.1) is 5.92 Å². The summed E-state index contributed by atoms with van der Waals surface area (Å²) in [5.41, 5.74) is 0. The topological polar surface area (TPSA) is 78.8 Å². The standard InChI is InChI=1S/C11H17N3O3/c1-2-10(16)9-3-5-14(6-4-9)11(17)13-7-12-8-15/h9H,2-7H2,1H3,(H,13,17). The van der Waals surface area contributed by atoms with Crippen molar-refractivity contribution < 1.29 is 14.4 Å². The van der Waals surface area contributed by atoms with Crippen LogP contribution < -0.4 is 5.32 Å². The smallest absolute Gasteiger partial charge is 0.318 e. The Balaban J connectivity index is 2.33. The van der Waals surface area contributed by atoms with Gasteiger partial charge in [-0.1, -0.05) is 6.92 Å². The van der Waals surface area contributed by atoms with Crippen molar-refractivity contribution in [2.75, 3.05) is 19.8 Å². The van der Waals surface area contributed by atoms with E-state index < -0.39 is 0 Å². The number of Topliss-reactive ketones (excluding diaryl/α,β-unsaturated/α-hetero) is 1. The number of ketones is 1. The number of hydrogen-bond acceptors (Lipinski definition) is 4. The zero-order chi connectivity index (χ0) is 12.7. The SMILES string of the molecule is CCC(=O)C1CCN(C(=O)NCN=C=O)CC1. The molecule has 0 aromatic carbocycles. The van der Waals surface area contributed by atoms with Crippen LogP contribution >= 0.6 is 0 Å². The molecule has 1 rings (SSSR count). The lowest BCUT2D eigenvalue weighted by Gasteiger charge is -2.30. The van der Waals surface area contributed by atoms with Crippen LogP contribution in [0.1, 0.15) is 26.2 Å². The highest BCUT2D eigenvalue weighted by Gasteiger charge is 2.25. The van der Waals surface area contributed by atoms with Crippen molar-refractivity contribution in [3.63, 3.8) is 0 Å². The van der Waals surface area contributed by atoms with Crippen molar-refractivity contribution in [2.24, 2.45) is 10.9 Å². The first-order valence-electron chi connectivity index (χ1n) is 5.78. The van der Waals surface area contributed by atoms with Crippen LogP contribution in [0.5, 0.6) is 0 Å². The molecule has 0 spiro atoms. The van der Waals surface area contributed by atoms with Crippen molar-refractivity contribution >= 4 is 17.9 Å². The van der Waals surface area contributed by atoms with Crippen LogP contribution in [0.4, 0.5) is 4.79 Å². The van der Waals surface area contributed by atoms with Crippen LogP contribution in [0.15, 0.2) is 4.99 Å². The van der Waals surface area contributed by atoms with Gasteiger partial charge in [-0.3, -0.25) is 4.79 Å². The van der Waals surface area contributed by atoms with E-state index in [4.69, 9.17) is 0 Å². The number of carbonyl (C=O) groups is 2. The van der Waals surface area contributed by atoms with Gasteiger partial charge in [0, 0.05) is 25.4 Å². The largest absolute Gasteiger partial charge is 0.325 e. The van der Waals surface area contributed by atoms with Gasteiger partial charge in [0.2, 0.25) is 6.08 Å². The summed E-state index contributed by atoms with van der Waals surface area (Å²) in [5.74, 6) is 0.368. The second-order valence-electron chi connectivity index (χ2n) is 3.97. The summed E-state index contributed by atoms with van der Waals surface area (Å²) in [7, 11) is 0. The van der Waals surface area contributed by atoms with Gasteiger partial charge in [0.25, 0.3) is 0 Å². The molecule has 0 aromatic rings. The molecule has 6 heteroatoms. The summed E-state index contributed by atoms with van der Waals surface area (Å²) >= 11 is 0. The Morgan fingerprint density at radius 2 is 2.06 bits per heavy atom. The third kappa shape index (κ3) is 4.00. The summed E-state index contributed by atoms with van der Waals surface area (Å²) in [5, 5.41) is 2.48. The number of isocyanates is 1. The third-order valence-corrected chi connectivity index (χ3v) is 2.96. The van der Waals surface area contributed by atoms with E-state index in [-0.39, 0.29) is 24.4 Å². The highest BCUT2D eigenvalue weighted by atomic mass is 16.2. The van der Waals surface area contributed by atoms with Gasteiger partial charge in [0.15, 0.2) is 0 Å². The van der Waals surface area contributed by atoms with E-state index in [0.29, 0.717) is 19.5 Å². The Hall–Kier alpha value is -1.68. The summed E-state index contributed by atoms with van der Waals surface area (Å²) in [6.45, 7) is 2.97. The molecule has 1 aliphatic rings. The first kappa shape index (κ1) is 13.4. The average molecular weight is 239 g/mol. The number of likely N-dealkylation sites (tertiary alicyclic amines) is 1. The zero-order valence-electron chi connectivity index (χ0n) is 9.94. The number of nitrogens with zero attached hydrogens (tertiary/aromatic N) is 2. The molecular formula is C11H17N3O3. The minimum Gasteiger partial charge on any atom is -0.325 e. The molecule has 2 amide bonds. The molecule has 1 aliphatic heterocycles. The number of hydrogen-bond donors (Lipinski definition) is 1. The monoisotopic (exact) mass is 239 g/mol. The first-order chi connectivity index (χ1) is 8.19. The second kappa shape index (κ2) is 6.81. The molecule has 0 radical (unpaired) electrons. The molecule has 6 nitrogen and oxygen atoms in total. The third-order valence-electron chi connectivity index (χ3n) is 2.96. The van der Waals surface area contributed by atoms with Crippen molar-refractivity contribution in [3.8, 4) is 0 Å². The molecule has 0 aliphatic carbocycles. The van der Waals surface area contributed by atoms with E-state index in [0.717, 1.165) is 12.8 Å². The van der Waals surface area contributed by atoms with E-state index in [1.807, 2.05) is 6.92 Å². The summed E-state index contributed by atoms with van der Waals surface area (Å²) in [6, 6.07) is -0.244. The molecule has 17 heavy (non-hydrogen) atoms. The number of rotatable bonds is 4. The van der Waals surface area contributed by atoms with E-state index in [1.54, 1.807) is 4.90 Å². The highest BCUT2D eigenvalue weighted by molar-refractivity contribution is 5.81. The molecule has 0 atom stereocenters. The Morgan fingerprint density at radius 1 is 1.41 bits per heavy atom. The fourth-order valence-corrected chi connectivity index (χ4v) is 1.94. The van der Waals surface area contributed by atoms with Gasteiger partial charge in [-0.2, -0.15) is 4.99 Å². The van der Waals surface area contributed by atoms with Crippen molar-refractivity contribution in [2.45, 2.75) is 26.2 Å². The van der Waals surface area contributed by atoms with Crippen molar-refractivity contribution in [1.29, 1.82) is 0 Å². The fraction of sp³-hybridized carbons (Fsp3) is 0.727. The van der Waals surface area contributed by atoms with Gasteiger partial charge in [0.05, 0.1) is 0 Å². The maximum atomic E-state index is 11.6. The predicted molar refractivity (Wildman–Crippen MR) is 61.1 cm³/mol. The maximum Gasteiger partial charge on any atom is 0.318 e. The van der Waals surface area contributed by atoms with Crippen LogP contribution in [0.3, 0.4) is 0 Å². The number of amides is 2. The lowest BCUT2D eigenvalue weighted by Crippen LogP contribution is -2.45. The molecule has 0 saturated carbocycles. The van der Waals surface area contributed by atoms with E-state index in [9.17, 15) is 14.4 Å². The predicted octanol–water partition coefficient (Wildman–Crippen LogP) is 0.680. The van der Waals surface area contributed by atoms with Crippen molar-refractivity contribution in [1.82, 2.24) is 10.2 Å². The molecular weight excluding hydrogens is 222 g/mol. The van der Waals surface area contributed by atoms with Crippen LogP contribution in [-0.4, -0.2) is 42.6 Å². The van der Waals surface area contributed by atoms with Gasteiger partial charge in [-0.05, 0) is 12.8 Å². The Labute approximate surface area is 100 Å². The van der Waals surface area contributed by atoms with E-state index in [1.165, 1.54) is 6.08 Å². The quantitative estimate of drug-likeness (QED) is 0.578. The molecule has 1 N–H and O–H groups in total. The number of urea groups is 1. The highest BCUT2D eigenvalue weighted by Crippen LogP contribution is 2.19. The normalized spacial score (nSPS) is 16.2. The lowest BCUT2D eigenvalue weighted by molar-refractivity contribution is -0.123. The summed E-state index contributed by atoms with van der Waals surface area (Å²) < 4.78 is 0. The minimum atomic E-state index is -0.244. The minimum absolute atomic E-state index is 0.0455. The molecule has 1 fully saturated rings. The van der Waals surface area contributed by atoms with Gasteiger partial charge in [-0.15, -0.1) is 0 Å². The van der Waals surface area contributed by atoms with Crippen molar-refractivity contribution in [3.05, 3.63) is 0 Å². The Morgan fingerprint density at radius 3 is 2.59 bits per heavy atom. The molecule has 0 unspecified atom stereocenters. The van der Waals surface area contributed by atoms with E-state index >= 15 is 0 Å². The van der Waals surface area contributed by atoms with E-state index in [2.05, 4.69) is 10.3 Å². The second-order valence-corrected chi connectivity index (χ2v) is 3.97. The molecule has 1 heterocycles. The Kier molecular flexibility index (Phi) is 5.36. The maximum absolute atomic E-state index is 11.6. The summed E-state index contributed by atoms with van der Waals surface area (Å²) in [4.78, 5) is 37.7.